The maximum atomic E-state index is 9.81. The summed E-state index contributed by atoms with van der Waals surface area (Å²) in [5.74, 6) is 0.223. The number of phenols is 1. The molecule has 0 atom stereocenters. The molecule has 0 aliphatic carbocycles. The van der Waals surface area contributed by atoms with E-state index in [9.17, 15) is 5.11 Å². The first-order valence-electron chi connectivity index (χ1n) is 4.57. The van der Waals surface area contributed by atoms with Gasteiger partial charge in [-0.15, -0.1) is 0 Å². The van der Waals surface area contributed by atoms with Crippen LogP contribution in [0, 0.1) is 6.92 Å². The van der Waals surface area contributed by atoms with E-state index in [1.54, 1.807) is 23.0 Å². The highest BCUT2D eigenvalue weighted by Crippen LogP contribution is 2.33. The normalized spacial score (nSPS) is 10.6. The minimum atomic E-state index is 0.223. The van der Waals surface area contributed by atoms with Crippen molar-refractivity contribution in [1.82, 2.24) is 9.78 Å². The van der Waals surface area contributed by atoms with Crippen LogP contribution in [0.15, 0.2) is 24.4 Å². The zero-order valence-corrected chi connectivity index (χ0v) is 9.28. The number of phenolic OH excluding ortho intramolecular Hbond substituents is 1. The van der Waals surface area contributed by atoms with E-state index < -0.39 is 0 Å². The SMILES string of the molecule is Cc1cc(O)c(-c2ccnn2C)cc1Cl. The van der Waals surface area contributed by atoms with E-state index in [0.717, 1.165) is 11.3 Å². The first-order valence-corrected chi connectivity index (χ1v) is 4.95. The third-order valence-corrected chi connectivity index (χ3v) is 2.78. The predicted octanol–water partition coefficient (Wildman–Crippen LogP) is 2.75. The summed E-state index contributed by atoms with van der Waals surface area (Å²) in [4.78, 5) is 0. The van der Waals surface area contributed by atoms with Crippen molar-refractivity contribution in [2.75, 3.05) is 0 Å². The Hall–Kier alpha value is -1.48. The van der Waals surface area contributed by atoms with Crippen LogP contribution < -0.4 is 0 Å². The van der Waals surface area contributed by atoms with Crippen molar-refractivity contribution < 1.29 is 5.11 Å². The van der Waals surface area contributed by atoms with E-state index in [0.29, 0.717) is 10.6 Å². The lowest BCUT2D eigenvalue weighted by molar-refractivity contribution is 0.476. The fraction of sp³-hybridized carbons (Fsp3) is 0.182. The number of nitrogens with zero attached hydrogens (tertiary/aromatic N) is 2. The smallest absolute Gasteiger partial charge is 0.125 e. The van der Waals surface area contributed by atoms with Crippen molar-refractivity contribution >= 4 is 11.6 Å². The lowest BCUT2D eigenvalue weighted by Crippen LogP contribution is -1.94. The highest BCUT2D eigenvalue weighted by atomic mass is 35.5. The number of benzene rings is 1. The molecule has 1 aromatic heterocycles. The van der Waals surface area contributed by atoms with Gasteiger partial charge in [-0.2, -0.15) is 5.10 Å². The van der Waals surface area contributed by atoms with Gasteiger partial charge in [0.25, 0.3) is 0 Å². The molecule has 0 bridgehead atoms. The van der Waals surface area contributed by atoms with Crippen LogP contribution in [0.1, 0.15) is 5.56 Å². The molecule has 2 aromatic rings. The average molecular weight is 223 g/mol. The number of aromatic nitrogens is 2. The van der Waals surface area contributed by atoms with Gasteiger partial charge in [0.2, 0.25) is 0 Å². The van der Waals surface area contributed by atoms with Crippen LogP contribution in [-0.4, -0.2) is 14.9 Å². The summed E-state index contributed by atoms with van der Waals surface area (Å²) in [6.45, 7) is 1.86. The summed E-state index contributed by atoms with van der Waals surface area (Å²) in [5.41, 5.74) is 2.40. The maximum absolute atomic E-state index is 9.81. The third-order valence-electron chi connectivity index (χ3n) is 2.37. The van der Waals surface area contributed by atoms with Crippen molar-refractivity contribution in [3.8, 4) is 17.0 Å². The van der Waals surface area contributed by atoms with E-state index in [1.165, 1.54) is 0 Å². The summed E-state index contributed by atoms with van der Waals surface area (Å²) >= 11 is 6.01. The molecule has 0 amide bonds. The van der Waals surface area contributed by atoms with Gasteiger partial charge in [-0.3, -0.25) is 4.68 Å². The standard InChI is InChI=1S/C11H11ClN2O/c1-7-5-11(15)8(6-9(7)12)10-3-4-13-14(10)2/h3-6,15H,1-2H3. The zero-order chi connectivity index (χ0) is 11.0. The summed E-state index contributed by atoms with van der Waals surface area (Å²) in [7, 11) is 1.82. The summed E-state index contributed by atoms with van der Waals surface area (Å²) in [6, 6.07) is 5.24. The monoisotopic (exact) mass is 222 g/mol. The highest BCUT2D eigenvalue weighted by molar-refractivity contribution is 6.31. The molecule has 0 saturated heterocycles. The number of halogens is 1. The molecule has 4 heteroatoms. The molecular weight excluding hydrogens is 212 g/mol. The molecule has 1 heterocycles. The molecule has 0 aliphatic rings. The van der Waals surface area contributed by atoms with Gasteiger partial charge < -0.3 is 5.11 Å². The predicted molar refractivity (Wildman–Crippen MR) is 60.1 cm³/mol. The topological polar surface area (TPSA) is 38.1 Å². The van der Waals surface area contributed by atoms with Crippen molar-refractivity contribution in [2.45, 2.75) is 6.92 Å². The minimum Gasteiger partial charge on any atom is -0.507 e. The molecule has 78 valence electrons. The lowest BCUT2D eigenvalue weighted by Gasteiger charge is -2.07. The largest absolute Gasteiger partial charge is 0.507 e. The van der Waals surface area contributed by atoms with Gasteiger partial charge in [0.15, 0.2) is 0 Å². The molecule has 3 nitrogen and oxygen atoms in total. The second kappa shape index (κ2) is 3.59. The van der Waals surface area contributed by atoms with Crippen LogP contribution in [0.4, 0.5) is 0 Å². The molecule has 0 radical (unpaired) electrons. The number of aromatic hydroxyl groups is 1. The van der Waals surface area contributed by atoms with Crippen LogP contribution in [0.2, 0.25) is 5.02 Å². The number of hydrogen-bond donors (Lipinski definition) is 1. The summed E-state index contributed by atoms with van der Waals surface area (Å²) < 4.78 is 1.70. The van der Waals surface area contributed by atoms with Crippen LogP contribution in [0.3, 0.4) is 0 Å². The molecule has 1 N–H and O–H groups in total. The molecule has 0 aliphatic heterocycles. The molecule has 0 saturated carbocycles. The Balaban J connectivity index is 2.64. The highest BCUT2D eigenvalue weighted by Gasteiger charge is 2.10. The van der Waals surface area contributed by atoms with Gasteiger partial charge in [0.05, 0.1) is 5.69 Å². The van der Waals surface area contributed by atoms with E-state index in [4.69, 9.17) is 11.6 Å². The summed E-state index contributed by atoms with van der Waals surface area (Å²) in [6.07, 6.45) is 1.68. The number of hydrogen-bond acceptors (Lipinski definition) is 2. The van der Waals surface area contributed by atoms with Crippen molar-refractivity contribution in [3.05, 3.63) is 35.0 Å². The van der Waals surface area contributed by atoms with Crippen LogP contribution >= 0.6 is 11.6 Å². The Kier molecular flexibility index (Phi) is 2.40. The van der Waals surface area contributed by atoms with E-state index >= 15 is 0 Å². The molecule has 1 aromatic carbocycles. The van der Waals surface area contributed by atoms with Crippen LogP contribution in [-0.2, 0) is 7.05 Å². The second-order valence-corrected chi connectivity index (χ2v) is 3.87. The quantitative estimate of drug-likeness (QED) is 0.806. The second-order valence-electron chi connectivity index (χ2n) is 3.46. The average Bonchev–Trinajstić information content (AvgIpc) is 2.58. The Morgan fingerprint density at radius 2 is 2.13 bits per heavy atom. The Morgan fingerprint density at radius 3 is 2.73 bits per heavy atom. The maximum Gasteiger partial charge on any atom is 0.125 e. The molecule has 15 heavy (non-hydrogen) atoms. The van der Waals surface area contributed by atoms with Crippen LogP contribution in [0.25, 0.3) is 11.3 Å². The fourth-order valence-corrected chi connectivity index (χ4v) is 1.67. The zero-order valence-electron chi connectivity index (χ0n) is 8.53. The first kappa shape index (κ1) is 10.1. The van der Waals surface area contributed by atoms with Crippen molar-refractivity contribution in [1.29, 1.82) is 0 Å². The van der Waals surface area contributed by atoms with Gasteiger partial charge in [-0.05, 0) is 30.7 Å². The summed E-state index contributed by atoms with van der Waals surface area (Å²) in [5, 5.41) is 14.5. The van der Waals surface area contributed by atoms with Gasteiger partial charge in [0, 0.05) is 23.8 Å². The molecule has 0 spiro atoms. The van der Waals surface area contributed by atoms with Gasteiger partial charge in [-0.1, -0.05) is 11.6 Å². The number of aryl methyl sites for hydroxylation is 2. The van der Waals surface area contributed by atoms with E-state index in [1.807, 2.05) is 20.0 Å². The van der Waals surface area contributed by atoms with Crippen LogP contribution in [0.5, 0.6) is 5.75 Å². The Morgan fingerprint density at radius 1 is 1.40 bits per heavy atom. The van der Waals surface area contributed by atoms with Gasteiger partial charge >= 0.3 is 0 Å². The third kappa shape index (κ3) is 1.70. The van der Waals surface area contributed by atoms with Gasteiger partial charge in [-0.25, -0.2) is 0 Å². The first-order chi connectivity index (χ1) is 7.09. The molecular formula is C11H11ClN2O. The number of rotatable bonds is 1. The van der Waals surface area contributed by atoms with Crippen molar-refractivity contribution in [3.63, 3.8) is 0 Å². The molecule has 2 rings (SSSR count). The van der Waals surface area contributed by atoms with Gasteiger partial charge in [0.1, 0.15) is 5.75 Å². The Labute approximate surface area is 92.9 Å². The molecule has 0 unspecified atom stereocenters. The Bertz CT molecular complexity index is 505. The van der Waals surface area contributed by atoms with Crippen molar-refractivity contribution in [2.24, 2.45) is 7.05 Å². The van der Waals surface area contributed by atoms with E-state index in [2.05, 4.69) is 5.10 Å². The van der Waals surface area contributed by atoms with E-state index in [-0.39, 0.29) is 5.75 Å². The lowest BCUT2D eigenvalue weighted by atomic mass is 10.1. The minimum absolute atomic E-state index is 0.223. The fourth-order valence-electron chi connectivity index (χ4n) is 1.51. The molecule has 0 fully saturated rings.